The Morgan fingerprint density at radius 2 is 2.28 bits per heavy atom. The van der Waals surface area contributed by atoms with E-state index in [1.165, 1.54) is 0 Å². The molecule has 5 N–H and O–H groups in total. The number of primary amides is 1. The van der Waals surface area contributed by atoms with Crippen molar-refractivity contribution in [1.82, 2.24) is 10.3 Å². The van der Waals surface area contributed by atoms with Crippen LogP contribution in [0.15, 0.2) is 12.1 Å². The summed E-state index contributed by atoms with van der Waals surface area (Å²) in [6.07, 6.45) is 0.627. The molecule has 5 heteroatoms. The SMILES string of the molecule is CCNCc1nc(C#CCCN)ccc1C(N)=O. The minimum atomic E-state index is -0.475. The predicted octanol–water partition coefficient (Wildman–Crippen LogP) is -0.00970. The highest BCUT2D eigenvalue weighted by molar-refractivity contribution is 5.93. The number of pyridine rings is 1. The summed E-state index contributed by atoms with van der Waals surface area (Å²) in [5.41, 5.74) is 12.3. The number of hydrogen-bond donors (Lipinski definition) is 3. The van der Waals surface area contributed by atoms with E-state index < -0.39 is 5.91 Å². The summed E-state index contributed by atoms with van der Waals surface area (Å²) in [6.45, 7) is 3.80. The van der Waals surface area contributed by atoms with Crippen LogP contribution in [0.2, 0.25) is 0 Å². The monoisotopic (exact) mass is 246 g/mol. The fraction of sp³-hybridized carbons (Fsp3) is 0.385. The lowest BCUT2D eigenvalue weighted by atomic mass is 10.1. The highest BCUT2D eigenvalue weighted by Crippen LogP contribution is 2.07. The number of aromatic nitrogens is 1. The van der Waals surface area contributed by atoms with E-state index in [1.807, 2.05) is 6.92 Å². The third-order valence-electron chi connectivity index (χ3n) is 2.27. The fourth-order valence-electron chi connectivity index (χ4n) is 1.40. The maximum atomic E-state index is 11.3. The Hall–Kier alpha value is -1.90. The molecule has 1 rings (SSSR count). The van der Waals surface area contributed by atoms with Crippen LogP contribution in [0.4, 0.5) is 0 Å². The Balaban J connectivity index is 2.98. The van der Waals surface area contributed by atoms with Crippen molar-refractivity contribution in [3.05, 3.63) is 29.1 Å². The molecule has 0 aliphatic rings. The van der Waals surface area contributed by atoms with Gasteiger partial charge in [-0.15, -0.1) is 0 Å². The molecule has 0 aliphatic carbocycles. The number of amides is 1. The summed E-state index contributed by atoms with van der Waals surface area (Å²) in [5.74, 6) is 5.34. The fourth-order valence-corrected chi connectivity index (χ4v) is 1.40. The molecule has 0 aliphatic heterocycles. The molecule has 0 unspecified atom stereocenters. The minimum Gasteiger partial charge on any atom is -0.366 e. The average molecular weight is 246 g/mol. The quantitative estimate of drug-likeness (QED) is 0.637. The molecular formula is C13H18N4O. The van der Waals surface area contributed by atoms with Gasteiger partial charge in [-0.3, -0.25) is 4.79 Å². The molecular weight excluding hydrogens is 228 g/mol. The molecule has 0 aromatic carbocycles. The molecule has 18 heavy (non-hydrogen) atoms. The smallest absolute Gasteiger partial charge is 0.250 e. The third kappa shape index (κ3) is 4.17. The number of nitrogens with two attached hydrogens (primary N) is 2. The van der Waals surface area contributed by atoms with Gasteiger partial charge in [0.15, 0.2) is 0 Å². The minimum absolute atomic E-state index is 0.431. The largest absolute Gasteiger partial charge is 0.366 e. The first-order chi connectivity index (χ1) is 8.69. The van der Waals surface area contributed by atoms with E-state index in [2.05, 4.69) is 22.1 Å². The van der Waals surface area contributed by atoms with Gasteiger partial charge in [0.05, 0.1) is 11.3 Å². The maximum Gasteiger partial charge on any atom is 0.250 e. The van der Waals surface area contributed by atoms with E-state index in [0.29, 0.717) is 36.5 Å². The summed E-state index contributed by atoms with van der Waals surface area (Å²) in [6, 6.07) is 3.35. The van der Waals surface area contributed by atoms with Crippen LogP contribution in [0, 0.1) is 11.8 Å². The van der Waals surface area contributed by atoms with E-state index in [4.69, 9.17) is 11.5 Å². The average Bonchev–Trinajstić information content (AvgIpc) is 2.36. The molecule has 0 saturated heterocycles. The Kier molecular flexibility index (Phi) is 5.85. The number of carbonyl (C=O) groups is 1. The van der Waals surface area contributed by atoms with E-state index in [-0.39, 0.29) is 0 Å². The van der Waals surface area contributed by atoms with Crippen molar-refractivity contribution in [2.75, 3.05) is 13.1 Å². The van der Waals surface area contributed by atoms with Gasteiger partial charge in [0.25, 0.3) is 5.91 Å². The molecule has 0 bridgehead atoms. The second kappa shape index (κ2) is 7.43. The lowest BCUT2D eigenvalue weighted by Crippen LogP contribution is -2.20. The first-order valence-corrected chi connectivity index (χ1v) is 5.88. The second-order valence-corrected chi connectivity index (χ2v) is 3.68. The van der Waals surface area contributed by atoms with Gasteiger partial charge in [0.2, 0.25) is 0 Å². The van der Waals surface area contributed by atoms with Crippen molar-refractivity contribution in [2.24, 2.45) is 11.5 Å². The molecule has 1 aromatic heterocycles. The molecule has 5 nitrogen and oxygen atoms in total. The number of carbonyl (C=O) groups excluding carboxylic acids is 1. The molecule has 0 fully saturated rings. The summed E-state index contributed by atoms with van der Waals surface area (Å²) in [5, 5.41) is 3.12. The van der Waals surface area contributed by atoms with Crippen LogP contribution in [-0.2, 0) is 6.54 Å². The Morgan fingerprint density at radius 1 is 1.50 bits per heavy atom. The van der Waals surface area contributed by atoms with Crippen LogP contribution in [0.5, 0.6) is 0 Å². The number of rotatable bonds is 5. The van der Waals surface area contributed by atoms with Crippen LogP contribution in [0.25, 0.3) is 0 Å². The van der Waals surface area contributed by atoms with Crippen LogP contribution in [0.3, 0.4) is 0 Å². The second-order valence-electron chi connectivity index (χ2n) is 3.68. The zero-order chi connectivity index (χ0) is 13.4. The van der Waals surface area contributed by atoms with Crippen molar-refractivity contribution >= 4 is 5.91 Å². The van der Waals surface area contributed by atoms with E-state index in [9.17, 15) is 4.79 Å². The third-order valence-corrected chi connectivity index (χ3v) is 2.27. The Morgan fingerprint density at radius 3 is 2.89 bits per heavy atom. The van der Waals surface area contributed by atoms with E-state index in [1.54, 1.807) is 12.1 Å². The van der Waals surface area contributed by atoms with Gasteiger partial charge in [-0.25, -0.2) is 4.98 Å². The summed E-state index contributed by atoms with van der Waals surface area (Å²) in [7, 11) is 0. The van der Waals surface area contributed by atoms with E-state index >= 15 is 0 Å². The van der Waals surface area contributed by atoms with Gasteiger partial charge >= 0.3 is 0 Å². The van der Waals surface area contributed by atoms with Gasteiger partial charge in [0.1, 0.15) is 5.69 Å². The summed E-state index contributed by atoms with van der Waals surface area (Å²) >= 11 is 0. The van der Waals surface area contributed by atoms with Gasteiger partial charge in [-0.1, -0.05) is 12.8 Å². The first-order valence-electron chi connectivity index (χ1n) is 5.88. The van der Waals surface area contributed by atoms with Gasteiger partial charge in [-0.2, -0.15) is 0 Å². The Labute approximate surface area is 107 Å². The van der Waals surface area contributed by atoms with Crippen LogP contribution in [0.1, 0.15) is 35.1 Å². The molecule has 96 valence electrons. The summed E-state index contributed by atoms with van der Waals surface area (Å²) in [4.78, 5) is 15.6. The topological polar surface area (TPSA) is 94.0 Å². The molecule has 0 atom stereocenters. The predicted molar refractivity (Wildman–Crippen MR) is 70.7 cm³/mol. The number of hydrogen-bond acceptors (Lipinski definition) is 4. The first kappa shape index (κ1) is 14.2. The van der Waals surface area contributed by atoms with Gasteiger partial charge in [-0.05, 0) is 24.6 Å². The molecule has 0 saturated carbocycles. The lowest BCUT2D eigenvalue weighted by molar-refractivity contribution is 0.0999. The number of nitrogens with zero attached hydrogens (tertiary/aromatic N) is 1. The lowest BCUT2D eigenvalue weighted by Gasteiger charge is -2.06. The highest BCUT2D eigenvalue weighted by Gasteiger charge is 2.09. The van der Waals surface area contributed by atoms with Crippen molar-refractivity contribution in [3.8, 4) is 11.8 Å². The van der Waals surface area contributed by atoms with Crippen LogP contribution >= 0.6 is 0 Å². The van der Waals surface area contributed by atoms with Crippen molar-refractivity contribution < 1.29 is 4.79 Å². The van der Waals surface area contributed by atoms with Crippen molar-refractivity contribution in [1.29, 1.82) is 0 Å². The summed E-state index contributed by atoms with van der Waals surface area (Å²) < 4.78 is 0. The van der Waals surface area contributed by atoms with Crippen LogP contribution < -0.4 is 16.8 Å². The zero-order valence-electron chi connectivity index (χ0n) is 10.5. The normalized spacial score (nSPS) is 9.67. The number of nitrogens with one attached hydrogen (secondary N) is 1. The standard InChI is InChI=1S/C13H18N4O/c1-2-16-9-12-11(13(15)18)7-6-10(17-12)5-3-4-8-14/h6-7,16H,2,4,8-9,14H2,1H3,(H2,15,18). The zero-order valence-corrected chi connectivity index (χ0v) is 10.5. The molecule has 1 amide bonds. The van der Waals surface area contributed by atoms with Crippen molar-refractivity contribution in [3.63, 3.8) is 0 Å². The molecule has 0 radical (unpaired) electrons. The van der Waals surface area contributed by atoms with E-state index in [0.717, 1.165) is 6.54 Å². The molecule has 0 spiro atoms. The van der Waals surface area contributed by atoms with Crippen molar-refractivity contribution in [2.45, 2.75) is 19.9 Å². The van der Waals surface area contributed by atoms with Gasteiger partial charge < -0.3 is 16.8 Å². The maximum absolute atomic E-state index is 11.3. The molecule has 1 aromatic rings. The van der Waals surface area contributed by atoms with Gasteiger partial charge in [0, 0.05) is 19.5 Å². The highest BCUT2D eigenvalue weighted by atomic mass is 16.1. The Bertz CT molecular complexity index is 474. The molecule has 1 heterocycles. The van der Waals surface area contributed by atoms with Crippen LogP contribution in [-0.4, -0.2) is 24.0 Å².